The van der Waals surface area contributed by atoms with E-state index in [9.17, 15) is 9.59 Å². The maximum absolute atomic E-state index is 12.6. The van der Waals surface area contributed by atoms with E-state index >= 15 is 0 Å². The van der Waals surface area contributed by atoms with Gasteiger partial charge in [-0.05, 0) is 24.1 Å². The predicted molar refractivity (Wildman–Crippen MR) is 114 cm³/mol. The minimum Gasteiger partial charge on any atom is -0.322 e. The Kier molecular flexibility index (Phi) is 5.04. The molecule has 0 unspecified atom stereocenters. The quantitative estimate of drug-likeness (QED) is 0.512. The summed E-state index contributed by atoms with van der Waals surface area (Å²) >= 11 is 1.43. The van der Waals surface area contributed by atoms with Crippen LogP contribution in [0.5, 0.6) is 0 Å². The zero-order valence-corrected chi connectivity index (χ0v) is 16.2. The predicted octanol–water partition coefficient (Wildman–Crippen LogP) is 4.86. The molecule has 1 amide bonds. The first-order valence-electron chi connectivity index (χ1n) is 9.12. The summed E-state index contributed by atoms with van der Waals surface area (Å²) in [6.45, 7) is 2.08. The first-order valence-corrected chi connectivity index (χ1v) is 10.0. The van der Waals surface area contributed by atoms with Crippen LogP contribution in [0, 0.1) is 0 Å². The van der Waals surface area contributed by atoms with Crippen LogP contribution in [-0.4, -0.2) is 15.9 Å². The number of thiazole rings is 1. The molecule has 0 saturated heterocycles. The minimum absolute atomic E-state index is 0.133. The van der Waals surface area contributed by atoms with E-state index in [0.29, 0.717) is 11.4 Å². The molecule has 0 fully saturated rings. The Bertz CT molecular complexity index is 1200. The minimum atomic E-state index is -0.273. The Hall–Kier alpha value is -3.25. The fourth-order valence-electron chi connectivity index (χ4n) is 3.17. The summed E-state index contributed by atoms with van der Waals surface area (Å²) in [6, 6.07) is 17.0. The Balaban J connectivity index is 1.59. The van der Waals surface area contributed by atoms with Gasteiger partial charge >= 0.3 is 0 Å². The fourth-order valence-corrected chi connectivity index (χ4v) is 3.98. The van der Waals surface area contributed by atoms with E-state index in [4.69, 9.17) is 0 Å². The maximum Gasteiger partial charge on any atom is 0.275 e. The van der Waals surface area contributed by atoms with E-state index in [-0.39, 0.29) is 11.5 Å². The van der Waals surface area contributed by atoms with Gasteiger partial charge in [0.1, 0.15) is 10.7 Å². The van der Waals surface area contributed by atoms with Crippen molar-refractivity contribution in [2.24, 2.45) is 0 Å². The van der Waals surface area contributed by atoms with Crippen molar-refractivity contribution in [2.75, 3.05) is 5.32 Å². The molecule has 2 heterocycles. The molecule has 5 nitrogen and oxygen atoms in total. The standard InChI is InChI=1S/C22H19N3O2S/c1-2-6-15-11-20(26)24-18-12-16(9-10-17(15)18)23-21(27)19-13-28-22(25-19)14-7-4-3-5-8-14/h3-5,7-13H,2,6H2,1H3,(H,23,27)(H,24,26). The smallest absolute Gasteiger partial charge is 0.275 e. The number of hydrogen-bond donors (Lipinski definition) is 2. The summed E-state index contributed by atoms with van der Waals surface area (Å²) in [4.78, 5) is 31.8. The highest BCUT2D eigenvalue weighted by Gasteiger charge is 2.13. The van der Waals surface area contributed by atoms with Gasteiger partial charge in [0.2, 0.25) is 5.56 Å². The van der Waals surface area contributed by atoms with E-state index in [2.05, 4.69) is 22.2 Å². The van der Waals surface area contributed by atoms with Gasteiger partial charge < -0.3 is 10.3 Å². The Labute approximate surface area is 166 Å². The first-order chi connectivity index (χ1) is 13.6. The highest BCUT2D eigenvalue weighted by Crippen LogP contribution is 2.25. The molecule has 0 aliphatic carbocycles. The van der Waals surface area contributed by atoms with Crippen LogP contribution in [0.1, 0.15) is 29.4 Å². The number of anilines is 1. The van der Waals surface area contributed by atoms with Gasteiger partial charge in [0.15, 0.2) is 0 Å². The molecule has 0 radical (unpaired) electrons. The number of nitrogens with zero attached hydrogens (tertiary/aromatic N) is 1. The molecule has 0 aliphatic rings. The van der Waals surface area contributed by atoms with Gasteiger partial charge in [0, 0.05) is 28.1 Å². The average Bonchev–Trinajstić information content (AvgIpc) is 3.19. The summed E-state index contributed by atoms with van der Waals surface area (Å²) < 4.78 is 0. The van der Waals surface area contributed by atoms with Crippen LogP contribution < -0.4 is 10.9 Å². The van der Waals surface area contributed by atoms with Gasteiger partial charge in [-0.1, -0.05) is 49.7 Å². The number of aryl methyl sites for hydroxylation is 1. The van der Waals surface area contributed by atoms with Crippen LogP contribution in [-0.2, 0) is 6.42 Å². The zero-order chi connectivity index (χ0) is 19.5. The molecule has 140 valence electrons. The van der Waals surface area contributed by atoms with E-state index in [0.717, 1.165) is 39.9 Å². The molecule has 6 heteroatoms. The zero-order valence-electron chi connectivity index (χ0n) is 15.4. The van der Waals surface area contributed by atoms with Crippen LogP contribution in [0.15, 0.2) is 64.8 Å². The number of nitrogens with one attached hydrogen (secondary N) is 2. The van der Waals surface area contributed by atoms with Crippen molar-refractivity contribution in [1.82, 2.24) is 9.97 Å². The molecule has 0 saturated carbocycles. The number of hydrogen-bond acceptors (Lipinski definition) is 4. The third-order valence-corrected chi connectivity index (χ3v) is 5.35. The largest absolute Gasteiger partial charge is 0.322 e. The summed E-state index contributed by atoms with van der Waals surface area (Å²) in [5.41, 5.74) is 3.58. The van der Waals surface area contributed by atoms with Gasteiger partial charge in [-0.15, -0.1) is 11.3 Å². The SMILES string of the molecule is CCCc1cc(=O)[nH]c2cc(NC(=O)c3csc(-c4ccccc4)n3)ccc12. The van der Waals surface area contributed by atoms with E-state index in [1.54, 1.807) is 17.5 Å². The maximum atomic E-state index is 12.6. The molecular weight excluding hydrogens is 370 g/mol. The van der Waals surface area contributed by atoms with Crippen molar-refractivity contribution in [3.8, 4) is 10.6 Å². The Morgan fingerprint density at radius 1 is 1.14 bits per heavy atom. The van der Waals surface area contributed by atoms with Crippen molar-refractivity contribution in [2.45, 2.75) is 19.8 Å². The molecule has 2 N–H and O–H groups in total. The number of pyridine rings is 1. The number of H-pyrrole nitrogens is 1. The van der Waals surface area contributed by atoms with Crippen molar-refractivity contribution in [1.29, 1.82) is 0 Å². The van der Waals surface area contributed by atoms with E-state index in [1.165, 1.54) is 11.3 Å². The van der Waals surface area contributed by atoms with Gasteiger partial charge in [0.05, 0.1) is 5.52 Å². The number of fused-ring (bicyclic) bond motifs is 1. The summed E-state index contributed by atoms with van der Waals surface area (Å²) in [5.74, 6) is -0.273. The molecule has 28 heavy (non-hydrogen) atoms. The lowest BCUT2D eigenvalue weighted by molar-refractivity contribution is 0.102. The van der Waals surface area contributed by atoms with Crippen LogP contribution >= 0.6 is 11.3 Å². The average molecular weight is 389 g/mol. The normalized spacial score (nSPS) is 10.9. The van der Waals surface area contributed by atoms with Crippen molar-refractivity contribution >= 4 is 33.8 Å². The first kappa shape index (κ1) is 18.1. The lowest BCUT2D eigenvalue weighted by Gasteiger charge is -2.08. The summed E-state index contributed by atoms with van der Waals surface area (Å²) in [5, 5.41) is 6.42. The third kappa shape index (κ3) is 3.73. The number of aromatic amines is 1. The van der Waals surface area contributed by atoms with Crippen LogP contribution in [0.4, 0.5) is 5.69 Å². The van der Waals surface area contributed by atoms with Crippen LogP contribution in [0.25, 0.3) is 21.5 Å². The van der Waals surface area contributed by atoms with Gasteiger partial charge in [-0.3, -0.25) is 9.59 Å². The second kappa shape index (κ2) is 7.78. The number of carbonyl (C=O) groups excluding carboxylic acids is 1. The Morgan fingerprint density at radius 2 is 1.96 bits per heavy atom. The van der Waals surface area contributed by atoms with Gasteiger partial charge in [0.25, 0.3) is 5.91 Å². The van der Waals surface area contributed by atoms with Crippen molar-refractivity contribution < 1.29 is 4.79 Å². The number of aromatic nitrogens is 2. The molecule has 0 atom stereocenters. The van der Waals surface area contributed by atoms with Crippen molar-refractivity contribution in [3.05, 3.63) is 81.6 Å². The lowest BCUT2D eigenvalue weighted by atomic mass is 10.0. The van der Waals surface area contributed by atoms with Gasteiger partial charge in [-0.2, -0.15) is 0 Å². The molecule has 4 aromatic rings. The van der Waals surface area contributed by atoms with E-state index < -0.39 is 0 Å². The molecule has 0 bridgehead atoms. The number of rotatable bonds is 5. The number of benzene rings is 2. The number of amides is 1. The Morgan fingerprint density at radius 3 is 2.75 bits per heavy atom. The van der Waals surface area contributed by atoms with Gasteiger partial charge in [-0.25, -0.2) is 4.98 Å². The second-order valence-electron chi connectivity index (χ2n) is 6.53. The molecular formula is C22H19N3O2S. The molecule has 0 spiro atoms. The highest BCUT2D eigenvalue weighted by molar-refractivity contribution is 7.13. The number of carbonyl (C=O) groups is 1. The van der Waals surface area contributed by atoms with Crippen LogP contribution in [0.2, 0.25) is 0 Å². The lowest BCUT2D eigenvalue weighted by Crippen LogP contribution is -2.13. The highest BCUT2D eigenvalue weighted by atomic mass is 32.1. The third-order valence-electron chi connectivity index (χ3n) is 4.46. The topological polar surface area (TPSA) is 74.8 Å². The summed E-state index contributed by atoms with van der Waals surface area (Å²) in [7, 11) is 0. The molecule has 0 aliphatic heterocycles. The molecule has 2 aromatic heterocycles. The van der Waals surface area contributed by atoms with E-state index in [1.807, 2.05) is 42.5 Å². The molecule has 4 rings (SSSR count). The monoisotopic (exact) mass is 389 g/mol. The second-order valence-corrected chi connectivity index (χ2v) is 7.39. The summed E-state index contributed by atoms with van der Waals surface area (Å²) in [6.07, 6.45) is 1.80. The fraction of sp³-hybridized carbons (Fsp3) is 0.136. The van der Waals surface area contributed by atoms with Crippen LogP contribution in [0.3, 0.4) is 0 Å². The molecule has 2 aromatic carbocycles. The van der Waals surface area contributed by atoms with Crippen molar-refractivity contribution in [3.63, 3.8) is 0 Å².